The van der Waals surface area contributed by atoms with Crippen LogP contribution >= 0.6 is 0 Å². The standard InChI is InChI=1S/C20H22FNO/c1-20(2,15-10-12-16(21)13-11-15)22-19(23)18-9-5-7-14-6-3-4-8-17(14)18/h3-4,6,8,10-13,18H,5,7,9H2,1-2H3,(H,22,23). The molecule has 1 unspecified atom stereocenters. The molecule has 23 heavy (non-hydrogen) atoms. The molecule has 2 nitrogen and oxygen atoms in total. The first-order valence-corrected chi connectivity index (χ1v) is 8.13. The topological polar surface area (TPSA) is 29.1 Å². The summed E-state index contributed by atoms with van der Waals surface area (Å²) in [6.07, 6.45) is 2.95. The first kappa shape index (κ1) is 15.7. The van der Waals surface area contributed by atoms with Crippen molar-refractivity contribution in [3.63, 3.8) is 0 Å². The van der Waals surface area contributed by atoms with E-state index in [-0.39, 0.29) is 17.6 Å². The van der Waals surface area contributed by atoms with E-state index in [1.165, 1.54) is 17.7 Å². The van der Waals surface area contributed by atoms with Gasteiger partial charge in [0, 0.05) is 0 Å². The van der Waals surface area contributed by atoms with Crippen LogP contribution in [0, 0.1) is 5.82 Å². The van der Waals surface area contributed by atoms with Crippen LogP contribution in [-0.4, -0.2) is 5.91 Å². The van der Waals surface area contributed by atoms with E-state index in [9.17, 15) is 9.18 Å². The fraction of sp³-hybridized carbons (Fsp3) is 0.350. The van der Waals surface area contributed by atoms with Gasteiger partial charge in [-0.25, -0.2) is 4.39 Å². The van der Waals surface area contributed by atoms with Crippen molar-refractivity contribution >= 4 is 5.91 Å². The highest BCUT2D eigenvalue weighted by molar-refractivity contribution is 5.85. The average Bonchev–Trinajstić information content (AvgIpc) is 2.54. The number of nitrogens with one attached hydrogen (secondary N) is 1. The van der Waals surface area contributed by atoms with E-state index in [1.54, 1.807) is 12.1 Å². The minimum atomic E-state index is -0.531. The zero-order valence-corrected chi connectivity index (χ0v) is 13.6. The van der Waals surface area contributed by atoms with Gasteiger partial charge in [-0.05, 0) is 61.9 Å². The highest BCUT2D eigenvalue weighted by atomic mass is 19.1. The fourth-order valence-corrected chi connectivity index (χ4v) is 3.36. The monoisotopic (exact) mass is 311 g/mol. The van der Waals surface area contributed by atoms with Crippen LogP contribution < -0.4 is 5.32 Å². The molecular formula is C20H22FNO. The molecular weight excluding hydrogens is 289 g/mol. The lowest BCUT2D eigenvalue weighted by Crippen LogP contribution is -2.44. The zero-order valence-electron chi connectivity index (χ0n) is 13.6. The average molecular weight is 311 g/mol. The molecule has 1 atom stereocenters. The summed E-state index contributed by atoms with van der Waals surface area (Å²) in [5.74, 6) is -0.316. The smallest absolute Gasteiger partial charge is 0.228 e. The highest BCUT2D eigenvalue weighted by Gasteiger charge is 2.30. The predicted octanol–water partition coefficient (Wildman–Crippen LogP) is 4.30. The van der Waals surface area contributed by atoms with Crippen LogP contribution in [0.25, 0.3) is 0 Å². The summed E-state index contributed by atoms with van der Waals surface area (Å²) in [4.78, 5) is 12.8. The van der Waals surface area contributed by atoms with Crippen LogP contribution in [0.5, 0.6) is 0 Å². The van der Waals surface area contributed by atoms with Gasteiger partial charge in [-0.2, -0.15) is 0 Å². The quantitative estimate of drug-likeness (QED) is 0.900. The number of hydrogen-bond acceptors (Lipinski definition) is 1. The number of carbonyl (C=O) groups is 1. The molecule has 2 aromatic carbocycles. The number of amides is 1. The second-order valence-corrected chi connectivity index (χ2v) is 6.76. The number of fused-ring (bicyclic) bond motifs is 1. The second kappa shape index (κ2) is 6.15. The first-order chi connectivity index (χ1) is 11.0. The van der Waals surface area contributed by atoms with Crippen molar-refractivity contribution in [2.24, 2.45) is 0 Å². The first-order valence-electron chi connectivity index (χ1n) is 8.13. The number of aryl methyl sites for hydroxylation is 1. The van der Waals surface area contributed by atoms with Gasteiger partial charge in [-0.15, -0.1) is 0 Å². The largest absolute Gasteiger partial charge is 0.347 e. The van der Waals surface area contributed by atoms with Gasteiger partial charge < -0.3 is 5.32 Å². The minimum Gasteiger partial charge on any atom is -0.347 e. The maximum atomic E-state index is 13.1. The summed E-state index contributed by atoms with van der Waals surface area (Å²) in [5.41, 5.74) is 2.79. The third-order valence-corrected chi connectivity index (χ3v) is 4.69. The van der Waals surface area contributed by atoms with E-state index in [2.05, 4.69) is 17.4 Å². The molecule has 1 amide bonds. The Balaban J connectivity index is 1.80. The Morgan fingerprint density at radius 2 is 1.83 bits per heavy atom. The molecule has 3 heteroatoms. The Hall–Kier alpha value is -2.16. The molecule has 2 aromatic rings. The van der Waals surface area contributed by atoms with E-state index in [4.69, 9.17) is 0 Å². The Morgan fingerprint density at radius 3 is 2.57 bits per heavy atom. The zero-order chi connectivity index (χ0) is 16.4. The SMILES string of the molecule is CC(C)(NC(=O)C1CCCc2ccccc21)c1ccc(F)cc1. The number of carbonyl (C=O) groups excluding carboxylic acids is 1. The second-order valence-electron chi connectivity index (χ2n) is 6.76. The van der Waals surface area contributed by atoms with Crippen LogP contribution in [0.1, 0.15) is 49.3 Å². The summed E-state index contributed by atoms with van der Waals surface area (Å²) >= 11 is 0. The Bertz CT molecular complexity index is 706. The third kappa shape index (κ3) is 3.29. The van der Waals surface area contributed by atoms with Gasteiger partial charge >= 0.3 is 0 Å². The van der Waals surface area contributed by atoms with Crippen molar-refractivity contribution in [2.75, 3.05) is 0 Å². The van der Waals surface area contributed by atoms with Crippen LogP contribution in [0.15, 0.2) is 48.5 Å². The summed E-state index contributed by atoms with van der Waals surface area (Å²) in [7, 11) is 0. The van der Waals surface area contributed by atoms with Gasteiger partial charge in [-0.1, -0.05) is 36.4 Å². The van der Waals surface area contributed by atoms with E-state index in [0.29, 0.717) is 0 Å². The van der Waals surface area contributed by atoms with E-state index >= 15 is 0 Å². The molecule has 0 saturated heterocycles. The molecule has 1 aliphatic carbocycles. The molecule has 3 rings (SSSR count). The van der Waals surface area contributed by atoms with Crippen LogP contribution in [0.3, 0.4) is 0 Å². The van der Waals surface area contributed by atoms with Crippen molar-refractivity contribution in [3.8, 4) is 0 Å². The molecule has 0 spiro atoms. The predicted molar refractivity (Wildman–Crippen MR) is 89.7 cm³/mol. The van der Waals surface area contributed by atoms with E-state index < -0.39 is 5.54 Å². The number of hydrogen-bond donors (Lipinski definition) is 1. The minimum absolute atomic E-state index is 0.0477. The van der Waals surface area contributed by atoms with Gasteiger partial charge in [0.2, 0.25) is 5.91 Å². The van der Waals surface area contributed by atoms with Crippen molar-refractivity contribution < 1.29 is 9.18 Å². The molecule has 0 bridgehead atoms. The summed E-state index contributed by atoms with van der Waals surface area (Å²) < 4.78 is 13.1. The third-order valence-electron chi connectivity index (χ3n) is 4.69. The van der Waals surface area contributed by atoms with Gasteiger partial charge in [0.15, 0.2) is 0 Å². The van der Waals surface area contributed by atoms with Crippen molar-refractivity contribution in [1.82, 2.24) is 5.32 Å². The highest BCUT2D eigenvalue weighted by Crippen LogP contribution is 2.32. The molecule has 120 valence electrons. The van der Waals surface area contributed by atoms with Gasteiger partial charge in [0.25, 0.3) is 0 Å². The lowest BCUT2D eigenvalue weighted by Gasteiger charge is -2.31. The number of benzene rings is 2. The van der Waals surface area contributed by atoms with E-state index in [1.807, 2.05) is 26.0 Å². The molecule has 1 aliphatic rings. The molecule has 0 fully saturated rings. The Labute approximate surface area is 136 Å². The summed E-state index contributed by atoms with van der Waals surface area (Å²) in [6.45, 7) is 3.90. The van der Waals surface area contributed by atoms with Gasteiger partial charge in [0.1, 0.15) is 5.82 Å². The van der Waals surface area contributed by atoms with Crippen LogP contribution in [0.4, 0.5) is 4.39 Å². The van der Waals surface area contributed by atoms with Crippen molar-refractivity contribution in [3.05, 3.63) is 71.0 Å². The molecule has 0 heterocycles. The molecule has 0 radical (unpaired) electrons. The van der Waals surface area contributed by atoms with Crippen LogP contribution in [0.2, 0.25) is 0 Å². The summed E-state index contributed by atoms with van der Waals surface area (Å²) in [5, 5.41) is 3.14. The Morgan fingerprint density at radius 1 is 1.13 bits per heavy atom. The lowest BCUT2D eigenvalue weighted by atomic mass is 9.81. The summed E-state index contributed by atoms with van der Waals surface area (Å²) in [6, 6.07) is 14.5. The maximum absolute atomic E-state index is 13.1. The molecule has 0 saturated carbocycles. The van der Waals surface area contributed by atoms with Gasteiger partial charge in [0.05, 0.1) is 11.5 Å². The van der Waals surface area contributed by atoms with Crippen LogP contribution in [-0.2, 0) is 16.8 Å². The van der Waals surface area contributed by atoms with Crippen molar-refractivity contribution in [1.29, 1.82) is 0 Å². The Kier molecular flexibility index (Phi) is 4.20. The number of halogens is 1. The molecule has 0 aromatic heterocycles. The van der Waals surface area contributed by atoms with E-state index in [0.717, 1.165) is 30.4 Å². The van der Waals surface area contributed by atoms with Gasteiger partial charge in [-0.3, -0.25) is 4.79 Å². The lowest BCUT2D eigenvalue weighted by molar-refractivity contribution is -0.124. The molecule has 0 aliphatic heterocycles. The fourth-order valence-electron chi connectivity index (χ4n) is 3.36. The maximum Gasteiger partial charge on any atom is 0.228 e. The van der Waals surface area contributed by atoms with Crippen molar-refractivity contribution in [2.45, 2.75) is 44.6 Å². The normalized spacial score (nSPS) is 17.4. The molecule has 1 N–H and O–H groups in total. The number of rotatable bonds is 3.